The third-order valence-corrected chi connectivity index (χ3v) is 1.88. The van der Waals surface area contributed by atoms with Crippen molar-refractivity contribution >= 4 is 0 Å². The van der Waals surface area contributed by atoms with Crippen LogP contribution in [0.5, 0.6) is 0 Å². The summed E-state index contributed by atoms with van der Waals surface area (Å²) < 4.78 is 36.4. The van der Waals surface area contributed by atoms with Gasteiger partial charge in [0.25, 0.3) is 0 Å². The van der Waals surface area contributed by atoms with Gasteiger partial charge in [0.1, 0.15) is 0 Å². The first-order valence-electron chi connectivity index (χ1n) is 4.68. The van der Waals surface area contributed by atoms with Crippen molar-refractivity contribution in [2.45, 2.75) is 32.5 Å². The molecule has 88 valence electrons. The number of azide groups is 1. The Kier molecular flexibility index (Phi) is 6.12. The van der Waals surface area contributed by atoms with Crippen molar-refractivity contribution < 1.29 is 13.2 Å². The van der Waals surface area contributed by atoms with Crippen molar-refractivity contribution in [1.82, 2.24) is 4.90 Å². The fraction of sp³-hybridized carbons (Fsp3) is 1.00. The van der Waals surface area contributed by atoms with Gasteiger partial charge in [0.2, 0.25) is 0 Å². The lowest BCUT2D eigenvalue weighted by Gasteiger charge is -2.27. The van der Waals surface area contributed by atoms with E-state index in [0.717, 1.165) is 0 Å². The number of hydrogen-bond donors (Lipinski definition) is 0. The van der Waals surface area contributed by atoms with E-state index < -0.39 is 12.7 Å². The first-order valence-corrected chi connectivity index (χ1v) is 4.68. The average molecular weight is 224 g/mol. The Labute approximate surface area is 86.7 Å². The zero-order chi connectivity index (χ0) is 11.9. The van der Waals surface area contributed by atoms with Crippen molar-refractivity contribution in [3.05, 3.63) is 10.4 Å². The van der Waals surface area contributed by atoms with Crippen LogP contribution < -0.4 is 0 Å². The summed E-state index contributed by atoms with van der Waals surface area (Å²) in [7, 11) is 0. The van der Waals surface area contributed by atoms with Crippen molar-refractivity contribution in [3.8, 4) is 0 Å². The van der Waals surface area contributed by atoms with Crippen molar-refractivity contribution in [1.29, 1.82) is 0 Å². The summed E-state index contributed by atoms with van der Waals surface area (Å²) in [5.74, 6) is 0. The van der Waals surface area contributed by atoms with Crippen LogP contribution in [0.15, 0.2) is 5.11 Å². The molecule has 0 spiro atoms. The van der Waals surface area contributed by atoms with E-state index in [4.69, 9.17) is 5.53 Å². The maximum atomic E-state index is 12.1. The molecule has 0 saturated carbocycles. The van der Waals surface area contributed by atoms with Gasteiger partial charge in [-0.05, 0) is 32.3 Å². The third-order valence-electron chi connectivity index (χ3n) is 1.88. The third kappa shape index (κ3) is 8.08. The number of rotatable bonds is 6. The molecule has 0 aromatic rings. The predicted molar refractivity (Wildman–Crippen MR) is 51.4 cm³/mol. The van der Waals surface area contributed by atoms with Crippen LogP contribution in [0.1, 0.15) is 20.3 Å². The van der Waals surface area contributed by atoms with Gasteiger partial charge in [-0.3, -0.25) is 4.90 Å². The van der Waals surface area contributed by atoms with Crippen LogP contribution in [0, 0.1) is 0 Å². The molecule has 15 heavy (non-hydrogen) atoms. The topological polar surface area (TPSA) is 52.0 Å². The molecule has 0 N–H and O–H groups in total. The highest BCUT2D eigenvalue weighted by atomic mass is 19.4. The number of alkyl halides is 3. The Morgan fingerprint density at radius 3 is 2.40 bits per heavy atom. The monoisotopic (exact) mass is 224 g/mol. The summed E-state index contributed by atoms with van der Waals surface area (Å²) in [4.78, 5) is 3.85. The summed E-state index contributed by atoms with van der Waals surface area (Å²) in [5.41, 5.74) is 7.99. The molecule has 0 amide bonds. The van der Waals surface area contributed by atoms with E-state index in [2.05, 4.69) is 10.0 Å². The van der Waals surface area contributed by atoms with Crippen LogP contribution in [0.4, 0.5) is 13.2 Å². The molecule has 0 heterocycles. The van der Waals surface area contributed by atoms with E-state index in [9.17, 15) is 13.2 Å². The fourth-order valence-electron chi connectivity index (χ4n) is 1.14. The Balaban J connectivity index is 4.00. The van der Waals surface area contributed by atoms with Crippen LogP contribution in [-0.4, -0.2) is 36.8 Å². The van der Waals surface area contributed by atoms with Gasteiger partial charge in [-0.1, -0.05) is 5.11 Å². The van der Waals surface area contributed by atoms with Crippen LogP contribution in [0.25, 0.3) is 10.4 Å². The fourth-order valence-corrected chi connectivity index (χ4v) is 1.14. The van der Waals surface area contributed by atoms with Crippen molar-refractivity contribution in [2.24, 2.45) is 5.11 Å². The van der Waals surface area contributed by atoms with E-state index >= 15 is 0 Å². The van der Waals surface area contributed by atoms with Crippen LogP contribution in [0.2, 0.25) is 0 Å². The lowest BCUT2D eigenvalue weighted by atomic mass is 10.3. The van der Waals surface area contributed by atoms with E-state index in [1.807, 2.05) is 0 Å². The largest absolute Gasteiger partial charge is 0.401 e. The van der Waals surface area contributed by atoms with E-state index in [-0.39, 0.29) is 19.1 Å². The van der Waals surface area contributed by atoms with Gasteiger partial charge < -0.3 is 0 Å². The summed E-state index contributed by atoms with van der Waals surface area (Å²) >= 11 is 0. The van der Waals surface area contributed by atoms with E-state index in [1.54, 1.807) is 13.8 Å². The highest BCUT2D eigenvalue weighted by Gasteiger charge is 2.31. The normalized spacial score (nSPS) is 11.9. The molecule has 0 aliphatic heterocycles. The Morgan fingerprint density at radius 2 is 2.00 bits per heavy atom. The molecule has 0 aliphatic carbocycles. The summed E-state index contributed by atoms with van der Waals surface area (Å²) in [6.45, 7) is 3.02. The molecule has 0 saturated heterocycles. The molecule has 0 unspecified atom stereocenters. The molecule has 0 radical (unpaired) electrons. The lowest BCUT2D eigenvalue weighted by molar-refractivity contribution is -0.149. The molecule has 0 aromatic carbocycles. The molecule has 4 nitrogen and oxygen atoms in total. The SMILES string of the molecule is CC(C)N(CCCN=[N+]=[N-])CC(F)(F)F. The highest BCUT2D eigenvalue weighted by molar-refractivity contribution is 4.67. The molecule has 0 aromatic heterocycles. The van der Waals surface area contributed by atoms with Crippen LogP contribution >= 0.6 is 0 Å². The summed E-state index contributed by atoms with van der Waals surface area (Å²) in [5, 5.41) is 3.27. The second-order valence-electron chi connectivity index (χ2n) is 3.49. The molecule has 0 fully saturated rings. The maximum absolute atomic E-state index is 12.1. The van der Waals surface area contributed by atoms with Gasteiger partial charge in [-0.25, -0.2) is 0 Å². The second kappa shape index (κ2) is 6.53. The first-order chi connectivity index (χ1) is 6.87. The number of hydrogen-bond acceptors (Lipinski definition) is 2. The van der Waals surface area contributed by atoms with Crippen LogP contribution in [0.3, 0.4) is 0 Å². The molecule has 0 atom stereocenters. The Morgan fingerprint density at radius 1 is 1.40 bits per heavy atom. The Hall–Kier alpha value is -0.940. The number of nitrogens with zero attached hydrogens (tertiary/aromatic N) is 4. The minimum Gasteiger partial charge on any atom is -0.293 e. The summed E-state index contributed by atoms with van der Waals surface area (Å²) in [6.07, 6.45) is -3.74. The highest BCUT2D eigenvalue weighted by Crippen LogP contribution is 2.18. The van der Waals surface area contributed by atoms with E-state index in [1.165, 1.54) is 4.90 Å². The van der Waals surface area contributed by atoms with Gasteiger partial charge in [-0.2, -0.15) is 13.2 Å². The Bertz CT molecular complexity index is 220. The second-order valence-corrected chi connectivity index (χ2v) is 3.49. The standard InChI is InChI=1S/C8H15F3N4/c1-7(2)15(6-8(9,10)11)5-3-4-13-14-12/h7H,3-6H2,1-2H3. The quantitative estimate of drug-likeness (QED) is 0.296. The summed E-state index contributed by atoms with van der Waals surface area (Å²) in [6, 6.07) is -0.169. The minimum absolute atomic E-state index is 0.169. The zero-order valence-electron chi connectivity index (χ0n) is 8.83. The maximum Gasteiger partial charge on any atom is 0.401 e. The first kappa shape index (κ1) is 14.1. The zero-order valence-corrected chi connectivity index (χ0v) is 8.83. The van der Waals surface area contributed by atoms with E-state index in [0.29, 0.717) is 6.42 Å². The van der Waals surface area contributed by atoms with Gasteiger partial charge in [0.15, 0.2) is 0 Å². The molecular weight excluding hydrogens is 209 g/mol. The number of halogens is 3. The molecule has 0 bridgehead atoms. The van der Waals surface area contributed by atoms with Crippen molar-refractivity contribution in [2.75, 3.05) is 19.6 Å². The molecule has 0 aliphatic rings. The molecular formula is C8H15F3N4. The van der Waals surface area contributed by atoms with Gasteiger partial charge >= 0.3 is 6.18 Å². The van der Waals surface area contributed by atoms with Gasteiger partial charge in [0.05, 0.1) is 6.54 Å². The minimum atomic E-state index is -4.18. The molecule has 7 heteroatoms. The average Bonchev–Trinajstić information content (AvgIpc) is 2.08. The molecule has 0 rings (SSSR count). The van der Waals surface area contributed by atoms with Gasteiger partial charge in [0, 0.05) is 17.5 Å². The van der Waals surface area contributed by atoms with Crippen molar-refractivity contribution in [3.63, 3.8) is 0 Å². The lowest BCUT2D eigenvalue weighted by Crippen LogP contribution is -2.39. The predicted octanol–water partition coefficient (Wildman–Crippen LogP) is 2.96. The van der Waals surface area contributed by atoms with Gasteiger partial charge in [-0.15, -0.1) is 0 Å². The smallest absolute Gasteiger partial charge is 0.293 e. The van der Waals surface area contributed by atoms with Crippen LogP contribution in [-0.2, 0) is 0 Å².